The van der Waals surface area contributed by atoms with Crippen LogP contribution in [0.3, 0.4) is 0 Å². The molecule has 2 atom stereocenters. The van der Waals surface area contributed by atoms with Crippen LogP contribution in [0.15, 0.2) is 29.8 Å². The van der Waals surface area contributed by atoms with Crippen molar-refractivity contribution in [3.05, 3.63) is 40.3 Å². The Balaban J connectivity index is 1.89. The van der Waals surface area contributed by atoms with Gasteiger partial charge in [-0.25, -0.2) is 4.79 Å². The monoisotopic (exact) mass is 376 g/mol. The maximum atomic E-state index is 12.8. The van der Waals surface area contributed by atoms with Crippen molar-refractivity contribution in [2.45, 2.75) is 26.1 Å². The van der Waals surface area contributed by atoms with E-state index in [1.54, 1.807) is 34.3 Å². The van der Waals surface area contributed by atoms with E-state index in [0.29, 0.717) is 23.7 Å². The molecule has 0 aromatic carbocycles. The van der Waals surface area contributed by atoms with Gasteiger partial charge in [0.1, 0.15) is 4.88 Å². The van der Waals surface area contributed by atoms with Crippen molar-refractivity contribution in [3.8, 4) is 5.69 Å². The molecule has 0 saturated carbocycles. The van der Waals surface area contributed by atoms with E-state index in [0.717, 1.165) is 0 Å². The third kappa shape index (κ3) is 3.42. The normalized spacial score (nSPS) is 20.0. The van der Waals surface area contributed by atoms with Crippen LogP contribution in [-0.2, 0) is 14.3 Å². The number of carbonyl (C=O) groups excluding carboxylic acids is 3. The molecule has 8 heteroatoms. The molecule has 2 aromatic rings. The van der Waals surface area contributed by atoms with Crippen LogP contribution in [0.4, 0.5) is 0 Å². The highest BCUT2D eigenvalue weighted by atomic mass is 32.1. The lowest BCUT2D eigenvalue weighted by Gasteiger charge is -2.34. The number of aromatic nitrogens is 1. The van der Waals surface area contributed by atoms with Crippen LogP contribution in [0, 0.1) is 0 Å². The molecule has 2 aromatic heterocycles. The Labute approximate surface area is 155 Å². The third-order valence-electron chi connectivity index (χ3n) is 4.16. The van der Waals surface area contributed by atoms with Crippen LogP contribution >= 0.6 is 11.3 Å². The minimum atomic E-state index is -0.613. The second kappa shape index (κ2) is 7.43. The third-order valence-corrected chi connectivity index (χ3v) is 5.04. The first-order chi connectivity index (χ1) is 12.4. The molecule has 0 unspecified atom stereocenters. The molecular formula is C18H20N2O5S. The number of carbonyl (C=O) groups is 3. The van der Waals surface area contributed by atoms with E-state index in [1.165, 1.54) is 23.3 Å². The fraction of sp³-hybridized carbons (Fsp3) is 0.389. The molecule has 7 nitrogen and oxygen atoms in total. The molecule has 0 N–H and O–H groups in total. The number of esters is 1. The summed E-state index contributed by atoms with van der Waals surface area (Å²) in [5.74, 6) is -1.66. The highest BCUT2D eigenvalue weighted by molar-refractivity contribution is 7.12. The summed E-state index contributed by atoms with van der Waals surface area (Å²) >= 11 is 1.22. The SMILES string of the molecule is COC(=O)c1sccc1-n1cccc1C(=O)C(=O)N1C[C@@H](C)O[C@H](C)C1. The van der Waals surface area contributed by atoms with Gasteiger partial charge in [-0.1, -0.05) is 0 Å². The Bertz CT molecular complexity index is 830. The zero-order valence-electron chi connectivity index (χ0n) is 14.8. The van der Waals surface area contributed by atoms with Crippen molar-refractivity contribution in [3.63, 3.8) is 0 Å². The van der Waals surface area contributed by atoms with Crippen molar-refractivity contribution in [1.82, 2.24) is 9.47 Å². The van der Waals surface area contributed by atoms with Gasteiger partial charge in [0.25, 0.3) is 11.7 Å². The van der Waals surface area contributed by atoms with Crippen LogP contribution in [0.2, 0.25) is 0 Å². The molecule has 26 heavy (non-hydrogen) atoms. The summed E-state index contributed by atoms with van der Waals surface area (Å²) in [6.45, 7) is 4.50. The topological polar surface area (TPSA) is 77.8 Å². The highest BCUT2D eigenvalue weighted by Gasteiger charge is 2.32. The van der Waals surface area contributed by atoms with Crippen molar-refractivity contribution >= 4 is 29.0 Å². The largest absolute Gasteiger partial charge is 0.465 e. The first-order valence-corrected chi connectivity index (χ1v) is 9.13. The molecule has 1 amide bonds. The molecule has 138 valence electrons. The Kier molecular flexibility index (Phi) is 5.24. The number of rotatable bonds is 4. The molecule has 3 rings (SSSR count). The van der Waals surface area contributed by atoms with E-state index in [4.69, 9.17) is 9.47 Å². The summed E-state index contributed by atoms with van der Waals surface area (Å²) < 4.78 is 11.9. The van der Waals surface area contributed by atoms with E-state index in [-0.39, 0.29) is 17.9 Å². The van der Waals surface area contributed by atoms with Gasteiger partial charge < -0.3 is 18.9 Å². The smallest absolute Gasteiger partial charge is 0.350 e. The van der Waals surface area contributed by atoms with Gasteiger partial charge in [0.15, 0.2) is 0 Å². The van der Waals surface area contributed by atoms with Gasteiger partial charge >= 0.3 is 5.97 Å². The second-order valence-electron chi connectivity index (χ2n) is 6.19. The molecule has 1 saturated heterocycles. The highest BCUT2D eigenvalue weighted by Crippen LogP contribution is 2.24. The summed E-state index contributed by atoms with van der Waals surface area (Å²) in [4.78, 5) is 39.3. The van der Waals surface area contributed by atoms with Gasteiger partial charge in [-0.15, -0.1) is 11.3 Å². The summed E-state index contributed by atoms with van der Waals surface area (Å²) in [5, 5.41) is 1.74. The molecule has 0 radical (unpaired) electrons. The van der Waals surface area contributed by atoms with Gasteiger partial charge in [0.05, 0.1) is 30.7 Å². The van der Waals surface area contributed by atoms with E-state index >= 15 is 0 Å². The number of hydrogen-bond donors (Lipinski definition) is 0. The Morgan fingerprint density at radius 3 is 2.54 bits per heavy atom. The van der Waals surface area contributed by atoms with Crippen LogP contribution in [0.1, 0.15) is 34.0 Å². The van der Waals surface area contributed by atoms with E-state index in [9.17, 15) is 14.4 Å². The van der Waals surface area contributed by atoms with Crippen molar-refractivity contribution < 1.29 is 23.9 Å². The number of thiophene rings is 1. The summed E-state index contributed by atoms with van der Waals surface area (Å²) in [6, 6.07) is 4.97. The number of methoxy groups -OCH3 is 1. The number of ketones is 1. The molecule has 1 aliphatic heterocycles. The standard InChI is InChI=1S/C18H20N2O5S/c1-11-9-19(10-12(2)25-11)17(22)15(21)13-5-4-7-20(13)14-6-8-26-16(14)18(23)24-3/h4-8,11-12H,9-10H2,1-3H3/t11-,12-/m1/s1. The maximum Gasteiger partial charge on any atom is 0.350 e. The van der Waals surface area contributed by atoms with Crippen molar-refractivity contribution in [2.75, 3.05) is 20.2 Å². The zero-order valence-corrected chi connectivity index (χ0v) is 15.6. The molecule has 3 heterocycles. The Morgan fingerprint density at radius 2 is 1.88 bits per heavy atom. The van der Waals surface area contributed by atoms with Gasteiger partial charge in [-0.05, 0) is 37.4 Å². The minimum Gasteiger partial charge on any atom is -0.465 e. The lowest BCUT2D eigenvalue weighted by Crippen LogP contribution is -2.50. The average Bonchev–Trinajstić information content (AvgIpc) is 3.27. The fourth-order valence-corrected chi connectivity index (χ4v) is 3.91. The summed E-state index contributed by atoms with van der Waals surface area (Å²) in [7, 11) is 1.30. The first-order valence-electron chi connectivity index (χ1n) is 8.25. The minimum absolute atomic E-state index is 0.120. The molecule has 0 aliphatic carbocycles. The van der Waals surface area contributed by atoms with Crippen LogP contribution < -0.4 is 0 Å². The van der Waals surface area contributed by atoms with Gasteiger partial charge in [-0.3, -0.25) is 9.59 Å². The van der Waals surface area contributed by atoms with Gasteiger partial charge in [0.2, 0.25) is 0 Å². The zero-order chi connectivity index (χ0) is 18.8. The molecular weight excluding hydrogens is 356 g/mol. The molecule has 0 spiro atoms. The molecule has 1 aliphatic rings. The van der Waals surface area contributed by atoms with Crippen LogP contribution in [0.25, 0.3) is 5.69 Å². The Morgan fingerprint density at radius 1 is 1.19 bits per heavy atom. The number of nitrogens with zero attached hydrogens (tertiary/aromatic N) is 2. The van der Waals surface area contributed by atoms with Crippen molar-refractivity contribution in [2.24, 2.45) is 0 Å². The fourth-order valence-electron chi connectivity index (χ4n) is 3.11. The van der Waals surface area contributed by atoms with Crippen LogP contribution in [0.5, 0.6) is 0 Å². The maximum absolute atomic E-state index is 12.8. The number of Topliss-reactive ketones (excluding diaryl/α,β-unsaturated/α-hetero) is 1. The van der Waals surface area contributed by atoms with E-state index < -0.39 is 17.7 Å². The van der Waals surface area contributed by atoms with Gasteiger partial charge in [0, 0.05) is 19.3 Å². The number of ether oxygens (including phenoxy) is 2. The van der Waals surface area contributed by atoms with Crippen molar-refractivity contribution in [1.29, 1.82) is 0 Å². The lowest BCUT2D eigenvalue weighted by molar-refractivity contribution is -0.138. The average molecular weight is 376 g/mol. The first kappa shape index (κ1) is 18.3. The van der Waals surface area contributed by atoms with Crippen LogP contribution in [-0.4, -0.2) is 59.5 Å². The van der Waals surface area contributed by atoms with E-state index in [2.05, 4.69) is 0 Å². The summed E-state index contributed by atoms with van der Waals surface area (Å²) in [6.07, 6.45) is 1.41. The predicted molar refractivity (Wildman–Crippen MR) is 95.9 cm³/mol. The Hall–Kier alpha value is -2.45. The quantitative estimate of drug-likeness (QED) is 0.464. The number of amides is 1. The lowest BCUT2D eigenvalue weighted by atomic mass is 10.2. The molecule has 0 bridgehead atoms. The summed E-state index contributed by atoms with van der Waals surface area (Å²) in [5.41, 5.74) is 0.733. The number of hydrogen-bond acceptors (Lipinski definition) is 6. The second-order valence-corrected chi connectivity index (χ2v) is 7.10. The van der Waals surface area contributed by atoms with Gasteiger partial charge in [-0.2, -0.15) is 0 Å². The predicted octanol–water partition coefficient (Wildman–Crippen LogP) is 2.14. The molecule has 1 fully saturated rings. The van der Waals surface area contributed by atoms with E-state index in [1.807, 2.05) is 13.8 Å². The number of morpholine rings is 1.